The van der Waals surface area contributed by atoms with Gasteiger partial charge in [0.2, 0.25) is 10.0 Å². The molecular formula is C12H11NO6S. The van der Waals surface area contributed by atoms with Gasteiger partial charge in [-0.05, 0) is 30.3 Å². The maximum Gasteiger partial charge on any atom is 0.339 e. The molecule has 20 heavy (non-hydrogen) atoms. The van der Waals surface area contributed by atoms with Gasteiger partial charge in [-0.1, -0.05) is 0 Å². The van der Waals surface area contributed by atoms with E-state index in [9.17, 15) is 13.2 Å². The van der Waals surface area contributed by atoms with Gasteiger partial charge in [0.15, 0.2) is 0 Å². The van der Waals surface area contributed by atoms with E-state index >= 15 is 0 Å². The van der Waals surface area contributed by atoms with E-state index in [-0.39, 0.29) is 22.8 Å². The molecule has 1 aromatic heterocycles. The minimum Gasteiger partial charge on any atom is -0.485 e. The van der Waals surface area contributed by atoms with Crippen LogP contribution in [-0.2, 0) is 16.6 Å². The van der Waals surface area contributed by atoms with E-state index in [2.05, 4.69) is 0 Å². The summed E-state index contributed by atoms with van der Waals surface area (Å²) in [5, 5.41) is 14.0. The van der Waals surface area contributed by atoms with Crippen molar-refractivity contribution in [2.24, 2.45) is 5.14 Å². The highest BCUT2D eigenvalue weighted by molar-refractivity contribution is 7.89. The number of ether oxygens (including phenoxy) is 1. The van der Waals surface area contributed by atoms with E-state index in [1.165, 1.54) is 18.4 Å². The van der Waals surface area contributed by atoms with Crippen LogP contribution in [-0.4, -0.2) is 19.5 Å². The Morgan fingerprint density at radius 2 is 2.10 bits per heavy atom. The molecule has 0 saturated carbocycles. The number of carboxylic acids is 1. The van der Waals surface area contributed by atoms with Crippen molar-refractivity contribution in [3.8, 4) is 5.75 Å². The molecular weight excluding hydrogens is 286 g/mol. The molecule has 0 bridgehead atoms. The monoisotopic (exact) mass is 297 g/mol. The van der Waals surface area contributed by atoms with Gasteiger partial charge in [0.05, 0.1) is 11.2 Å². The number of rotatable bonds is 5. The predicted molar refractivity (Wildman–Crippen MR) is 67.8 cm³/mol. The van der Waals surface area contributed by atoms with Crippen LogP contribution in [0.2, 0.25) is 0 Å². The predicted octanol–water partition coefficient (Wildman–Crippen LogP) is 1.20. The molecule has 0 spiro atoms. The number of sulfonamides is 1. The molecule has 0 aliphatic heterocycles. The van der Waals surface area contributed by atoms with Crippen LogP contribution < -0.4 is 9.88 Å². The minimum absolute atomic E-state index is 0.0290. The number of carbonyl (C=O) groups is 1. The Morgan fingerprint density at radius 1 is 1.35 bits per heavy atom. The lowest BCUT2D eigenvalue weighted by Gasteiger charge is -2.09. The first-order valence-corrected chi connectivity index (χ1v) is 6.98. The average Bonchev–Trinajstić information content (AvgIpc) is 2.88. The van der Waals surface area contributed by atoms with Crippen LogP contribution >= 0.6 is 0 Å². The number of benzene rings is 1. The number of primary sulfonamides is 1. The highest BCUT2D eigenvalue weighted by Crippen LogP contribution is 2.23. The molecule has 0 radical (unpaired) electrons. The van der Waals surface area contributed by atoms with Crippen molar-refractivity contribution in [3.63, 3.8) is 0 Å². The average molecular weight is 297 g/mol. The summed E-state index contributed by atoms with van der Waals surface area (Å²) in [5.41, 5.74) is -0.289. The third-order valence-electron chi connectivity index (χ3n) is 2.46. The van der Waals surface area contributed by atoms with Crippen molar-refractivity contribution >= 4 is 16.0 Å². The summed E-state index contributed by atoms with van der Waals surface area (Å²) in [7, 11) is -3.97. The summed E-state index contributed by atoms with van der Waals surface area (Å²) >= 11 is 0. The molecule has 0 unspecified atom stereocenters. The number of hydrogen-bond acceptors (Lipinski definition) is 5. The second kappa shape index (κ2) is 5.35. The number of furan rings is 1. The fraction of sp³-hybridized carbons (Fsp3) is 0.0833. The lowest BCUT2D eigenvalue weighted by molar-refractivity contribution is 0.0691. The van der Waals surface area contributed by atoms with Crippen molar-refractivity contribution in [3.05, 3.63) is 47.9 Å². The SMILES string of the molecule is NS(=O)(=O)c1ccc(OCc2ccco2)c(C(=O)O)c1. The van der Waals surface area contributed by atoms with Gasteiger partial charge in [0.1, 0.15) is 23.7 Å². The molecule has 0 atom stereocenters. The Morgan fingerprint density at radius 3 is 2.65 bits per heavy atom. The second-order valence-corrected chi connectivity index (χ2v) is 5.44. The Kier molecular flexibility index (Phi) is 3.77. The van der Waals surface area contributed by atoms with Gasteiger partial charge < -0.3 is 14.3 Å². The largest absolute Gasteiger partial charge is 0.485 e. The molecule has 0 amide bonds. The number of nitrogens with two attached hydrogens (primary N) is 1. The van der Waals surface area contributed by atoms with Gasteiger partial charge in [0.25, 0.3) is 0 Å². The zero-order valence-corrected chi connectivity index (χ0v) is 11.0. The van der Waals surface area contributed by atoms with E-state index in [1.54, 1.807) is 12.1 Å². The van der Waals surface area contributed by atoms with Crippen molar-refractivity contribution in [2.45, 2.75) is 11.5 Å². The third kappa shape index (κ3) is 3.16. The number of hydrogen-bond donors (Lipinski definition) is 2. The van der Waals surface area contributed by atoms with Gasteiger partial charge >= 0.3 is 5.97 Å². The molecule has 7 nitrogen and oxygen atoms in total. The van der Waals surface area contributed by atoms with Crippen molar-refractivity contribution in [1.29, 1.82) is 0 Å². The van der Waals surface area contributed by atoms with Crippen LogP contribution in [0.25, 0.3) is 0 Å². The molecule has 8 heteroatoms. The van der Waals surface area contributed by atoms with Crippen LogP contribution in [0.3, 0.4) is 0 Å². The molecule has 0 saturated heterocycles. The quantitative estimate of drug-likeness (QED) is 0.855. The smallest absolute Gasteiger partial charge is 0.339 e. The standard InChI is InChI=1S/C12H11NO6S/c13-20(16,17)9-3-4-11(10(6-9)12(14)15)19-7-8-2-1-5-18-8/h1-6H,7H2,(H,14,15)(H2,13,16,17). The van der Waals surface area contributed by atoms with Gasteiger partial charge in [0, 0.05) is 0 Å². The summed E-state index contributed by atoms with van der Waals surface area (Å²) in [6, 6.07) is 6.71. The van der Waals surface area contributed by atoms with Gasteiger partial charge in [-0.2, -0.15) is 0 Å². The Balaban J connectivity index is 2.31. The molecule has 0 aliphatic carbocycles. The third-order valence-corrected chi connectivity index (χ3v) is 3.37. The lowest BCUT2D eigenvalue weighted by atomic mass is 10.2. The van der Waals surface area contributed by atoms with Gasteiger partial charge in [-0.15, -0.1) is 0 Å². The van der Waals surface area contributed by atoms with Crippen molar-refractivity contribution < 1.29 is 27.5 Å². The van der Waals surface area contributed by atoms with Crippen LogP contribution in [0, 0.1) is 0 Å². The first-order valence-electron chi connectivity index (χ1n) is 5.43. The van der Waals surface area contributed by atoms with Crippen LogP contribution in [0.1, 0.15) is 16.1 Å². The minimum atomic E-state index is -3.97. The maximum absolute atomic E-state index is 11.2. The number of carboxylic acid groups (broad SMARTS) is 1. The second-order valence-electron chi connectivity index (χ2n) is 3.88. The Bertz CT molecular complexity index is 720. The summed E-state index contributed by atoms with van der Waals surface area (Å²) < 4.78 is 32.7. The Hall–Kier alpha value is -2.32. The van der Waals surface area contributed by atoms with E-state index in [4.69, 9.17) is 19.4 Å². The lowest BCUT2D eigenvalue weighted by Crippen LogP contribution is -2.13. The molecule has 2 rings (SSSR count). The molecule has 1 aromatic carbocycles. The first kappa shape index (κ1) is 14.1. The maximum atomic E-state index is 11.2. The molecule has 1 heterocycles. The summed E-state index contributed by atoms with van der Waals surface area (Å²) in [4.78, 5) is 10.8. The van der Waals surface area contributed by atoms with E-state index in [1.807, 2.05) is 0 Å². The zero-order valence-electron chi connectivity index (χ0n) is 10.1. The molecule has 106 valence electrons. The Labute approximate surface area is 114 Å². The van der Waals surface area contributed by atoms with Crippen molar-refractivity contribution in [2.75, 3.05) is 0 Å². The van der Waals surface area contributed by atoms with Gasteiger partial charge in [-0.3, -0.25) is 0 Å². The van der Waals surface area contributed by atoms with E-state index < -0.39 is 16.0 Å². The highest BCUT2D eigenvalue weighted by Gasteiger charge is 2.17. The molecule has 3 N–H and O–H groups in total. The topological polar surface area (TPSA) is 120 Å². The van der Waals surface area contributed by atoms with Crippen LogP contribution in [0.4, 0.5) is 0 Å². The summed E-state index contributed by atoms with van der Waals surface area (Å²) in [6.45, 7) is 0.0298. The van der Waals surface area contributed by atoms with E-state index in [0.29, 0.717) is 5.76 Å². The fourth-order valence-corrected chi connectivity index (χ4v) is 2.06. The first-order chi connectivity index (χ1) is 9.38. The summed E-state index contributed by atoms with van der Waals surface area (Å²) in [6.07, 6.45) is 1.46. The normalized spacial score (nSPS) is 11.2. The molecule has 0 fully saturated rings. The molecule has 0 aliphatic rings. The summed E-state index contributed by atoms with van der Waals surface area (Å²) in [5.74, 6) is -0.775. The fourth-order valence-electron chi connectivity index (χ4n) is 1.52. The van der Waals surface area contributed by atoms with Gasteiger partial charge in [-0.25, -0.2) is 18.4 Å². The van der Waals surface area contributed by atoms with Crippen LogP contribution in [0.5, 0.6) is 5.75 Å². The number of aromatic carboxylic acids is 1. The van der Waals surface area contributed by atoms with Crippen LogP contribution in [0.15, 0.2) is 45.9 Å². The molecule has 2 aromatic rings. The van der Waals surface area contributed by atoms with E-state index in [0.717, 1.165) is 6.07 Å². The highest BCUT2D eigenvalue weighted by atomic mass is 32.2. The van der Waals surface area contributed by atoms with Crippen molar-refractivity contribution in [1.82, 2.24) is 0 Å². The zero-order chi connectivity index (χ0) is 14.8.